The van der Waals surface area contributed by atoms with E-state index in [1.165, 1.54) is 12.4 Å². The number of benzene rings is 4. The molecule has 4 aromatic carbocycles. The van der Waals surface area contributed by atoms with Crippen LogP contribution in [0.2, 0.25) is 10.0 Å². The first-order chi connectivity index (χ1) is 22.4. The van der Waals surface area contributed by atoms with Gasteiger partial charge in [-0.3, -0.25) is 14.8 Å². The van der Waals surface area contributed by atoms with Gasteiger partial charge in [0.1, 0.15) is 18.2 Å². The Balaban J connectivity index is 0.000000181. The van der Waals surface area contributed by atoms with Crippen molar-refractivity contribution in [1.29, 1.82) is 10.5 Å². The molecule has 46 heavy (non-hydrogen) atoms. The molecule has 1 N–H and O–H groups in total. The van der Waals surface area contributed by atoms with Crippen LogP contribution in [0.1, 0.15) is 44.3 Å². The Bertz CT molecular complexity index is 2050. The molecule has 0 saturated carbocycles. The molecule has 6 rings (SSSR count). The number of aliphatic hydroxyl groups is 1. The maximum absolute atomic E-state index is 12.4. The predicted octanol–water partition coefficient (Wildman–Crippen LogP) is 8.86. The van der Waals surface area contributed by atoms with Gasteiger partial charge in [-0.2, -0.15) is 10.5 Å². The second-order valence-corrected chi connectivity index (χ2v) is 10.8. The highest BCUT2D eigenvalue weighted by molar-refractivity contribution is 6.32. The normalized spacial score (nSPS) is 10.9. The van der Waals surface area contributed by atoms with E-state index in [1.54, 1.807) is 48.8 Å². The van der Waals surface area contributed by atoms with Gasteiger partial charge in [-0.15, -0.1) is 0 Å². The van der Waals surface area contributed by atoms with Crippen LogP contribution < -0.4 is 0 Å². The smallest absolute Gasteiger partial charge is 0.193 e. The third-order valence-electron chi connectivity index (χ3n) is 7.17. The molecule has 0 saturated heterocycles. The summed E-state index contributed by atoms with van der Waals surface area (Å²) in [7, 11) is 0. The summed E-state index contributed by atoms with van der Waals surface area (Å²) in [6, 6.07) is 37.2. The van der Waals surface area contributed by atoms with Crippen LogP contribution in [-0.2, 0) is 0 Å². The topological polar surface area (TPSA) is 111 Å². The summed E-state index contributed by atoms with van der Waals surface area (Å²) in [4.78, 5) is 20.5. The molecular formula is C38H24Cl2N4O2. The van der Waals surface area contributed by atoms with Gasteiger partial charge in [0.05, 0.1) is 21.2 Å². The Morgan fingerprint density at radius 1 is 0.587 bits per heavy atom. The van der Waals surface area contributed by atoms with Gasteiger partial charge in [-0.25, -0.2) is 0 Å². The van der Waals surface area contributed by atoms with E-state index >= 15 is 0 Å². The number of pyridine rings is 2. The summed E-state index contributed by atoms with van der Waals surface area (Å²) >= 11 is 12.0. The average Bonchev–Trinajstić information content (AvgIpc) is 3.12. The van der Waals surface area contributed by atoms with Gasteiger partial charge in [0.25, 0.3) is 0 Å². The van der Waals surface area contributed by atoms with Crippen LogP contribution in [0.15, 0.2) is 134 Å². The number of nitrogens with zero attached hydrogens (tertiary/aromatic N) is 4. The molecule has 6 nitrogen and oxygen atoms in total. The first-order valence-corrected chi connectivity index (χ1v) is 14.8. The molecule has 0 radical (unpaired) electrons. The van der Waals surface area contributed by atoms with Crippen molar-refractivity contribution in [2.24, 2.45) is 0 Å². The van der Waals surface area contributed by atoms with Gasteiger partial charge in [-0.05, 0) is 22.3 Å². The average molecular weight is 640 g/mol. The molecule has 222 valence electrons. The van der Waals surface area contributed by atoms with Gasteiger partial charge in [0.15, 0.2) is 5.78 Å². The number of nitriles is 2. The van der Waals surface area contributed by atoms with Crippen LogP contribution in [0, 0.1) is 22.7 Å². The first kappa shape index (κ1) is 31.8. The third kappa shape index (κ3) is 7.18. The van der Waals surface area contributed by atoms with Gasteiger partial charge in [0, 0.05) is 47.0 Å². The molecule has 1 atom stereocenters. The minimum Gasteiger partial charge on any atom is -0.384 e. The summed E-state index contributed by atoms with van der Waals surface area (Å²) in [5, 5.41) is 29.5. The van der Waals surface area contributed by atoms with E-state index < -0.39 is 6.10 Å². The van der Waals surface area contributed by atoms with Crippen molar-refractivity contribution in [3.05, 3.63) is 177 Å². The zero-order valence-electron chi connectivity index (χ0n) is 24.2. The van der Waals surface area contributed by atoms with E-state index in [9.17, 15) is 20.4 Å². The zero-order valence-corrected chi connectivity index (χ0v) is 25.7. The predicted molar refractivity (Wildman–Crippen MR) is 179 cm³/mol. The van der Waals surface area contributed by atoms with Gasteiger partial charge in [0.2, 0.25) is 0 Å². The summed E-state index contributed by atoms with van der Waals surface area (Å²) in [5.41, 5.74) is 6.59. The van der Waals surface area contributed by atoms with Gasteiger partial charge < -0.3 is 5.11 Å². The molecule has 8 heteroatoms. The van der Waals surface area contributed by atoms with Crippen LogP contribution in [-0.4, -0.2) is 20.9 Å². The number of carbonyl (C=O) groups is 1. The zero-order chi connectivity index (χ0) is 32.5. The first-order valence-electron chi connectivity index (χ1n) is 14.0. The van der Waals surface area contributed by atoms with Crippen molar-refractivity contribution in [3.8, 4) is 34.4 Å². The molecular weight excluding hydrogens is 615 g/mol. The number of halogens is 2. The minimum absolute atomic E-state index is 0.0399. The third-order valence-corrected chi connectivity index (χ3v) is 7.74. The van der Waals surface area contributed by atoms with E-state index in [0.29, 0.717) is 43.4 Å². The molecule has 2 heterocycles. The Morgan fingerprint density at radius 2 is 1.00 bits per heavy atom. The number of hydrogen-bond acceptors (Lipinski definition) is 6. The van der Waals surface area contributed by atoms with Crippen molar-refractivity contribution in [2.75, 3.05) is 0 Å². The highest BCUT2D eigenvalue weighted by Crippen LogP contribution is 2.30. The summed E-state index contributed by atoms with van der Waals surface area (Å²) in [5.74, 6) is -0.0399. The Labute approximate surface area is 276 Å². The number of aliphatic hydroxyl groups excluding tert-OH is 1. The van der Waals surface area contributed by atoms with Crippen LogP contribution in [0.5, 0.6) is 0 Å². The summed E-state index contributed by atoms with van der Waals surface area (Å²) < 4.78 is 0. The van der Waals surface area contributed by atoms with Crippen molar-refractivity contribution in [1.82, 2.24) is 9.97 Å². The molecule has 0 amide bonds. The van der Waals surface area contributed by atoms with E-state index in [4.69, 9.17) is 23.2 Å². The monoisotopic (exact) mass is 638 g/mol. The Morgan fingerprint density at radius 3 is 1.48 bits per heavy atom. The molecule has 0 spiro atoms. The van der Waals surface area contributed by atoms with E-state index in [-0.39, 0.29) is 5.78 Å². The molecule has 0 aliphatic carbocycles. The maximum Gasteiger partial charge on any atom is 0.193 e. The molecule has 0 aliphatic rings. The lowest BCUT2D eigenvalue weighted by Crippen LogP contribution is -2.00. The van der Waals surface area contributed by atoms with Gasteiger partial charge in [-0.1, -0.05) is 132 Å². The van der Waals surface area contributed by atoms with E-state index in [0.717, 1.165) is 22.3 Å². The highest BCUT2D eigenvalue weighted by atomic mass is 35.5. The lowest BCUT2D eigenvalue weighted by atomic mass is 9.97. The lowest BCUT2D eigenvalue weighted by molar-refractivity contribution is 0.103. The van der Waals surface area contributed by atoms with Crippen molar-refractivity contribution < 1.29 is 9.90 Å². The largest absolute Gasteiger partial charge is 0.384 e. The number of ketones is 1. The van der Waals surface area contributed by atoms with Crippen molar-refractivity contribution >= 4 is 29.0 Å². The summed E-state index contributed by atoms with van der Waals surface area (Å²) in [6.07, 6.45) is 5.43. The maximum atomic E-state index is 12.4. The van der Waals surface area contributed by atoms with Crippen LogP contribution >= 0.6 is 23.2 Å². The molecule has 6 aromatic rings. The molecule has 0 aliphatic heterocycles. The standard InChI is InChI=1S/C19H13ClN2O.C19H11ClN2O/c2*20-18-12-22-11-17(16(18)10-21)13-6-8-15(9-7-13)19(23)14-4-2-1-3-5-14/h1-9,11-12,19,23H;1-9,11-12H. The number of hydrogen-bond donors (Lipinski definition) is 1. The van der Waals surface area contributed by atoms with Crippen molar-refractivity contribution in [2.45, 2.75) is 6.10 Å². The molecule has 0 fully saturated rings. The fourth-order valence-corrected chi connectivity index (χ4v) is 5.17. The second kappa shape index (κ2) is 14.9. The Kier molecular flexibility index (Phi) is 10.3. The van der Waals surface area contributed by atoms with Gasteiger partial charge >= 0.3 is 0 Å². The highest BCUT2D eigenvalue weighted by Gasteiger charge is 2.14. The Hall–Kier alpha value is -5.63. The molecule has 2 aromatic heterocycles. The summed E-state index contributed by atoms with van der Waals surface area (Å²) in [6.45, 7) is 0. The number of rotatable bonds is 6. The van der Waals surface area contributed by atoms with Crippen LogP contribution in [0.25, 0.3) is 22.3 Å². The fourth-order valence-electron chi connectivity index (χ4n) is 4.77. The van der Waals surface area contributed by atoms with E-state index in [2.05, 4.69) is 22.1 Å². The SMILES string of the molecule is N#Cc1c(Cl)cncc1-c1ccc(C(=O)c2ccccc2)cc1.N#Cc1c(Cl)cncc1-c1ccc(C(O)c2ccccc2)cc1. The van der Waals surface area contributed by atoms with Crippen molar-refractivity contribution in [3.63, 3.8) is 0 Å². The number of carbonyl (C=O) groups excluding carboxylic acids is 1. The van der Waals surface area contributed by atoms with Crippen LogP contribution in [0.3, 0.4) is 0 Å². The molecule has 1 unspecified atom stereocenters. The fraction of sp³-hybridized carbons (Fsp3) is 0.0263. The van der Waals surface area contributed by atoms with Crippen LogP contribution in [0.4, 0.5) is 0 Å². The lowest BCUT2D eigenvalue weighted by Gasteiger charge is -2.12. The molecule has 0 bridgehead atoms. The second-order valence-electron chi connectivity index (χ2n) is 10.0. The minimum atomic E-state index is -0.682. The van der Waals surface area contributed by atoms with E-state index in [1.807, 2.05) is 72.8 Å². The quantitative estimate of drug-likeness (QED) is 0.182. The number of aromatic nitrogens is 2.